The molecule has 104 valence electrons. The third-order valence-electron chi connectivity index (χ3n) is 4.00. The summed E-state index contributed by atoms with van der Waals surface area (Å²) in [6, 6.07) is 0.874. The molecule has 0 saturated heterocycles. The van der Waals surface area contributed by atoms with Gasteiger partial charge in [-0.1, -0.05) is 6.92 Å². The molecule has 2 rings (SSSR count). The quantitative estimate of drug-likeness (QED) is 0.614. The molecule has 1 saturated carbocycles. The van der Waals surface area contributed by atoms with Crippen LogP contribution in [0.1, 0.15) is 24.8 Å². The summed E-state index contributed by atoms with van der Waals surface area (Å²) >= 11 is 0. The second kappa shape index (κ2) is 5.52. The number of Topliss-reactive ketones (excluding diaryl/α,β-unsaturated/α-hetero) is 1. The third kappa shape index (κ3) is 2.53. The predicted octanol–water partition coefficient (Wildman–Crippen LogP) is 1.88. The lowest BCUT2D eigenvalue weighted by atomic mass is 9.69. The first kappa shape index (κ1) is 13.7. The van der Waals surface area contributed by atoms with Gasteiger partial charge in [0.1, 0.15) is 5.78 Å². The summed E-state index contributed by atoms with van der Waals surface area (Å²) in [5.74, 6) is -1.14. The summed E-state index contributed by atoms with van der Waals surface area (Å²) in [6.07, 6.45) is 3.14. The zero-order chi connectivity index (χ0) is 14.0. The van der Waals surface area contributed by atoms with Crippen LogP contribution in [0.15, 0.2) is 23.0 Å². The highest BCUT2D eigenvalue weighted by Crippen LogP contribution is 2.39. The number of rotatable bonds is 4. The lowest BCUT2D eigenvalue weighted by Gasteiger charge is -2.34. The van der Waals surface area contributed by atoms with Gasteiger partial charge in [0, 0.05) is 29.9 Å². The van der Waals surface area contributed by atoms with Gasteiger partial charge in [-0.3, -0.25) is 14.9 Å². The van der Waals surface area contributed by atoms with E-state index in [1.807, 2.05) is 0 Å². The van der Waals surface area contributed by atoms with Crippen LogP contribution in [0.3, 0.4) is 0 Å². The number of carbonyl (C=O) groups excluding carboxylic acids is 1. The van der Waals surface area contributed by atoms with Gasteiger partial charge in [0.05, 0.1) is 31.0 Å². The van der Waals surface area contributed by atoms with Gasteiger partial charge >= 0.3 is 0 Å². The predicted molar refractivity (Wildman–Crippen MR) is 66.4 cm³/mol. The minimum Gasteiger partial charge on any atom is -0.472 e. The molecule has 1 heterocycles. The van der Waals surface area contributed by atoms with E-state index >= 15 is 0 Å². The molecule has 1 aromatic heterocycles. The number of methoxy groups -OCH3 is 1. The molecular formula is C13H17NO5. The normalized spacial score (nSPS) is 31.4. The largest absolute Gasteiger partial charge is 0.472 e. The van der Waals surface area contributed by atoms with E-state index in [0.717, 1.165) is 0 Å². The molecule has 0 radical (unpaired) electrons. The minimum absolute atomic E-state index is 0.0475. The Hall–Kier alpha value is -1.69. The summed E-state index contributed by atoms with van der Waals surface area (Å²) in [4.78, 5) is 23.2. The highest BCUT2D eigenvalue weighted by Gasteiger charge is 2.49. The fourth-order valence-electron chi connectivity index (χ4n) is 2.90. The van der Waals surface area contributed by atoms with E-state index in [1.165, 1.54) is 19.6 Å². The van der Waals surface area contributed by atoms with E-state index in [0.29, 0.717) is 5.56 Å². The van der Waals surface area contributed by atoms with Crippen molar-refractivity contribution in [2.45, 2.75) is 25.3 Å². The topological polar surface area (TPSA) is 82.6 Å². The average molecular weight is 267 g/mol. The van der Waals surface area contributed by atoms with E-state index in [2.05, 4.69) is 0 Å². The number of nitro groups is 1. The van der Waals surface area contributed by atoms with Gasteiger partial charge in [0.2, 0.25) is 6.04 Å². The van der Waals surface area contributed by atoms with Crippen LogP contribution in [0.4, 0.5) is 0 Å². The van der Waals surface area contributed by atoms with Crippen molar-refractivity contribution in [2.75, 3.05) is 13.7 Å². The SMILES string of the molecule is COC[C@@H]1[C@H]([N+](=O)[O-])[C@@H](c2ccoc2)CC(=O)[C@@H]1C. The summed E-state index contributed by atoms with van der Waals surface area (Å²) in [7, 11) is 1.50. The van der Waals surface area contributed by atoms with Crippen molar-refractivity contribution in [3.05, 3.63) is 34.3 Å². The molecule has 1 aliphatic rings. The molecule has 1 fully saturated rings. The van der Waals surface area contributed by atoms with Crippen LogP contribution < -0.4 is 0 Å². The molecule has 0 amide bonds. The second-order valence-electron chi connectivity index (χ2n) is 5.02. The maximum Gasteiger partial charge on any atom is 0.226 e. The Kier molecular flexibility index (Phi) is 3.99. The molecule has 6 nitrogen and oxygen atoms in total. The molecule has 0 aromatic carbocycles. The van der Waals surface area contributed by atoms with Crippen LogP contribution >= 0.6 is 0 Å². The van der Waals surface area contributed by atoms with Gasteiger partial charge in [-0.05, 0) is 6.07 Å². The maximum atomic E-state index is 12.0. The van der Waals surface area contributed by atoms with Crippen molar-refractivity contribution in [2.24, 2.45) is 11.8 Å². The number of ether oxygens (including phenoxy) is 1. The first-order valence-corrected chi connectivity index (χ1v) is 6.23. The van der Waals surface area contributed by atoms with E-state index < -0.39 is 17.9 Å². The van der Waals surface area contributed by atoms with Gasteiger partial charge in [-0.25, -0.2) is 0 Å². The lowest BCUT2D eigenvalue weighted by molar-refractivity contribution is -0.540. The van der Waals surface area contributed by atoms with Gasteiger partial charge in [0.25, 0.3) is 0 Å². The Morgan fingerprint density at radius 3 is 2.84 bits per heavy atom. The van der Waals surface area contributed by atoms with E-state index in [-0.39, 0.29) is 29.7 Å². The van der Waals surface area contributed by atoms with Gasteiger partial charge in [0.15, 0.2) is 0 Å². The Morgan fingerprint density at radius 1 is 1.58 bits per heavy atom. The van der Waals surface area contributed by atoms with Crippen LogP contribution in [-0.4, -0.2) is 30.5 Å². The van der Waals surface area contributed by atoms with Gasteiger partial charge in [-0.2, -0.15) is 0 Å². The van der Waals surface area contributed by atoms with E-state index in [4.69, 9.17) is 9.15 Å². The van der Waals surface area contributed by atoms with Crippen LogP contribution in [0.25, 0.3) is 0 Å². The number of nitrogens with zero attached hydrogens (tertiary/aromatic N) is 1. The number of ketones is 1. The summed E-state index contributed by atoms with van der Waals surface area (Å²) in [5.41, 5.74) is 0.711. The van der Waals surface area contributed by atoms with Crippen LogP contribution in [0.2, 0.25) is 0 Å². The van der Waals surface area contributed by atoms with E-state index in [1.54, 1.807) is 13.0 Å². The molecule has 6 heteroatoms. The van der Waals surface area contributed by atoms with Crippen LogP contribution in [0, 0.1) is 22.0 Å². The van der Waals surface area contributed by atoms with Crippen LogP contribution in [0.5, 0.6) is 0 Å². The minimum atomic E-state index is -0.815. The molecule has 0 N–H and O–H groups in total. The fraction of sp³-hybridized carbons (Fsp3) is 0.615. The summed E-state index contributed by atoms with van der Waals surface area (Å²) in [5, 5.41) is 11.4. The second-order valence-corrected chi connectivity index (χ2v) is 5.02. The number of hydrogen-bond acceptors (Lipinski definition) is 5. The number of hydrogen-bond donors (Lipinski definition) is 0. The Balaban J connectivity index is 2.36. The molecule has 0 unspecified atom stereocenters. The van der Waals surface area contributed by atoms with Crippen molar-refractivity contribution < 1.29 is 18.9 Å². The molecule has 1 aromatic rings. The highest BCUT2D eigenvalue weighted by atomic mass is 16.6. The zero-order valence-corrected chi connectivity index (χ0v) is 10.9. The van der Waals surface area contributed by atoms with Crippen molar-refractivity contribution in [1.82, 2.24) is 0 Å². The number of furan rings is 1. The molecule has 0 spiro atoms. The molecule has 0 bridgehead atoms. The van der Waals surface area contributed by atoms with Gasteiger partial charge < -0.3 is 9.15 Å². The molecule has 4 atom stereocenters. The Bertz CT molecular complexity index is 456. The summed E-state index contributed by atoms with van der Waals surface area (Å²) < 4.78 is 10.1. The molecular weight excluding hydrogens is 250 g/mol. The maximum absolute atomic E-state index is 12.0. The smallest absolute Gasteiger partial charge is 0.226 e. The highest BCUT2D eigenvalue weighted by molar-refractivity contribution is 5.83. The third-order valence-corrected chi connectivity index (χ3v) is 4.00. The van der Waals surface area contributed by atoms with Crippen molar-refractivity contribution >= 4 is 5.78 Å². The first-order valence-electron chi connectivity index (χ1n) is 6.23. The molecule has 19 heavy (non-hydrogen) atoms. The van der Waals surface area contributed by atoms with Crippen molar-refractivity contribution in [3.8, 4) is 0 Å². The van der Waals surface area contributed by atoms with Crippen molar-refractivity contribution in [3.63, 3.8) is 0 Å². The lowest BCUT2D eigenvalue weighted by Crippen LogP contribution is -2.48. The summed E-state index contributed by atoms with van der Waals surface area (Å²) in [6.45, 7) is 1.96. The first-order chi connectivity index (χ1) is 9.06. The number of carbonyl (C=O) groups is 1. The molecule has 1 aliphatic carbocycles. The average Bonchev–Trinajstić information content (AvgIpc) is 2.88. The molecule has 0 aliphatic heterocycles. The Morgan fingerprint density at radius 2 is 2.32 bits per heavy atom. The Labute approximate surface area is 110 Å². The van der Waals surface area contributed by atoms with E-state index in [9.17, 15) is 14.9 Å². The fourth-order valence-corrected chi connectivity index (χ4v) is 2.90. The monoisotopic (exact) mass is 267 g/mol. The zero-order valence-electron chi connectivity index (χ0n) is 10.9. The van der Waals surface area contributed by atoms with Crippen LogP contribution in [-0.2, 0) is 9.53 Å². The van der Waals surface area contributed by atoms with Crippen molar-refractivity contribution in [1.29, 1.82) is 0 Å². The van der Waals surface area contributed by atoms with Gasteiger partial charge in [-0.15, -0.1) is 0 Å². The standard InChI is InChI=1S/C13H17NO5/c1-8-11(7-18-2)13(14(16)17)10(5-12(8)15)9-3-4-19-6-9/h3-4,6,8,10-11,13H,5,7H2,1-2H3/t8-,10-,11+,13-/m1/s1.